The lowest BCUT2D eigenvalue weighted by atomic mass is 9.98. The molecule has 0 N–H and O–H groups in total. The molecule has 0 radical (unpaired) electrons. The van der Waals surface area contributed by atoms with Crippen LogP contribution >= 0.6 is 11.3 Å². The highest BCUT2D eigenvalue weighted by Crippen LogP contribution is 2.37. The summed E-state index contributed by atoms with van der Waals surface area (Å²) in [5.41, 5.74) is 14.9. The Balaban J connectivity index is 0.852. The molecular formula is C51H31N7S. The van der Waals surface area contributed by atoms with E-state index >= 15 is 0 Å². The first kappa shape index (κ1) is 34.4. The minimum absolute atomic E-state index is 0.628. The molecule has 276 valence electrons. The number of para-hydroxylation sites is 2. The van der Waals surface area contributed by atoms with Crippen LogP contribution in [0.4, 0.5) is 0 Å². The Morgan fingerprint density at radius 2 is 0.661 bits per heavy atom. The monoisotopic (exact) mass is 773 g/mol. The molecule has 0 aliphatic heterocycles. The van der Waals surface area contributed by atoms with E-state index in [1.54, 1.807) is 17.7 Å². The maximum Gasteiger partial charge on any atom is 0.164 e. The zero-order valence-electron chi connectivity index (χ0n) is 31.4. The molecule has 11 aromatic rings. The van der Waals surface area contributed by atoms with Gasteiger partial charge in [0, 0.05) is 22.3 Å². The van der Waals surface area contributed by atoms with E-state index in [2.05, 4.69) is 126 Å². The molecule has 0 bridgehead atoms. The normalized spacial score (nSPS) is 11.4. The van der Waals surface area contributed by atoms with Crippen LogP contribution in [-0.2, 0) is 0 Å². The minimum atomic E-state index is 0.628. The summed E-state index contributed by atoms with van der Waals surface area (Å²) >= 11 is 1.59. The van der Waals surface area contributed by atoms with Crippen molar-refractivity contribution < 1.29 is 0 Å². The van der Waals surface area contributed by atoms with E-state index in [1.807, 2.05) is 60.7 Å². The van der Waals surface area contributed by atoms with Gasteiger partial charge in [0.15, 0.2) is 17.5 Å². The van der Waals surface area contributed by atoms with Gasteiger partial charge in [0.2, 0.25) is 0 Å². The highest BCUT2D eigenvalue weighted by Gasteiger charge is 2.17. The van der Waals surface area contributed by atoms with Crippen molar-refractivity contribution in [1.29, 1.82) is 0 Å². The molecule has 7 aromatic carbocycles. The molecule has 0 amide bonds. The molecule has 4 heterocycles. The summed E-state index contributed by atoms with van der Waals surface area (Å²) in [5.74, 6) is 1.90. The van der Waals surface area contributed by atoms with Crippen LogP contribution in [-0.4, -0.2) is 34.9 Å². The Labute approximate surface area is 343 Å². The molecular weight excluding hydrogens is 743 g/mol. The molecule has 0 spiro atoms. The van der Waals surface area contributed by atoms with Gasteiger partial charge in [0.05, 0.1) is 21.4 Å². The predicted molar refractivity (Wildman–Crippen MR) is 239 cm³/mol. The van der Waals surface area contributed by atoms with Gasteiger partial charge in [0.1, 0.15) is 22.2 Å². The molecule has 0 saturated heterocycles. The first-order valence-corrected chi connectivity index (χ1v) is 20.1. The molecule has 0 aliphatic carbocycles. The maximum absolute atomic E-state index is 4.98. The zero-order chi connectivity index (χ0) is 39.1. The number of rotatable bonds is 7. The SMILES string of the molecule is c1ccc(-c2ccc(-c3nc(-c4ccccc4)nc(-c4ccc(-c5ccc(-c6ccc(-c7ncnc8c7sc7nc9ccccc9nc78)cc6)cc5)cc4)n3)cc2)cc1. The van der Waals surface area contributed by atoms with Gasteiger partial charge in [0.25, 0.3) is 0 Å². The summed E-state index contributed by atoms with van der Waals surface area (Å²) in [6.45, 7) is 0. The largest absolute Gasteiger partial charge is 0.241 e. The lowest BCUT2D eigenvalue weighted by molar-refractivity contribution is 1.07. The predicted octanol–water partition coefficient (Wildman–Crippen LogP) is 12.6. The van der Waals surface area contributed by atoms with Crippen molar-refractivity contribution in [3.8, 4) is 78.8 Å². The van der Waals surface area contributed by atoms with Crippen molar-refractivity contribution in [2.75, 3.05) is 0 Å². The third kappa shape index (κ3) is 6.57. The highest BCUT2D eigenvalue weighted by molar-refractivity contribution is 7.25. The molecule has 0 aliphatic rings. The number of benzene rings is 7. The second-order valence-corrected chi connectivity index (χ2v) is 15.2. The summed E-state index contributed by atoms with van der Waals surface area (Å²) in [6.07, 6.45) is 1.62. The Hall–Kier alpha value is -7.81. The van der Waals surface area contributed by atoms with Gasteiger partial charge < -0.3 is 0 Å². The van der Waals surface area contributed by atoms with E-state index in [9.17, 15) is 0 Å². The summed E-state index contributed by atoms with van der Waals surface area (Å²) in [6, 6.07) is 62.4. The van der Waals surface area contributed by atoms with E-state index in [1.165, 1.54) is 5.56 Å². The Bertz CT molecular complexity index is 3280. The van der Waals surface area contributed by atoms with Crippen molar-refractivity contribution in [3.63, 3.8) is 0 Å². The topological polar surface area (TPSA) is 90.2 Å². The van der Waals surface area contributed by atoms with Crippen LogP contribution in [0.15, 0.2) is 188 Å². The van der Waals surface area contributed by atoms with Gasteiger partial charge >= 0.3 is 0 Å². The van der Waals surface area contributed by atoms with Gasteiger partial charge in [-0.25, -0.2) is 34.9 Å². The number of thiophene rings is 1. The molecule has 0 saturated carbocycles. The zero-order valence-corrected chi connectivity index (χ0v) is 32.3. The van der Waals surface area contributed by atoms with Gasteiger partial charge in [-0.15, -0.1) is 11.3 Å². The van der Waals surface area contributed by atoms with Crippen molar-refractivity contribution in [2.45, 2.75) is 0 Å². The molecule has 11 rings (SSSR count). The summed E-state index contributed by atoms with van der Waals surface area (Å²) < 4.78 is 0.988. The Morgan fingerprint density at radius 1 is 0.288 bits per heavy atom. The fraction of sp³-hybridized carbons (Fsp3) is 0. The Morgan fingerprint density at radius 3 is 1.15 bits per heavy atom. The fourth-order valence-corrected chi connectivity index (χ4v) is 8.52. The second-order valence-electron chi connectivity index (χ2n) is 14.2. The first-order chi connectivity index (χ1) is 29.2. The van der Waals surface area contributed by atoms with Crippen LogP contribution in [0.2, 0.25) is 0 Å². The standard InChI is InChI=1S/C51H31N7S/c1-3-9-32(10-4-1)33-21-27-40(28-22-33)49-56-48(39-11-5-2-6-12-39)57-50(58-49)41-29-23-37(24-30-41)35-17-15-34(16-18-35)36-19-25-38(26-20-36)44-47-45(53-31-52-44)46-51(59-47)55-43-14-8-7-13-42(43)54-46/h1-31H. The van der Waals surface area contributed by atoms with E-state index in [0.717, 1.165) is 87.4 Å². The summed E-state index contributed by atoms with van der Waals surface area (Å²) in [5, 5.41) is 0. The molecule has 4 aromatic heterocycles. The van der Waals surface area contributed by atoms with Gasteiger partial charge in [-0.1, -0.05) is 170 Å². The van der Waals surface area contributed by atoms with Crippen LogP contribution < -0.4 is 0 Å². The first-order valence-electron chi connectivity index (χ1n) is 19.3. The van der Waals surface area contributed by atoms with Gasteiger partial charge in [-0.2, -0.15) is 0 Å². The third-order valence-electron chi connectivity index (χ3n) is 10.5. The number of fused-ring (bicyclic) bond motifs is 4. The second kappa shape index (κ2) is 14.6. The maximum atomic E-state index is 4.98. The smallest absolute Gasteiger partial charge is 0.164 e. The van der Waals surface area contributed by atoms with E-state index in [-0.39, 0.29) is 0 Å². The highest BCUT2D eigenvalue weighted by atomic mass is 32.1. The lowest BCUT2D eigenvalue weighted by Gasteiger charge is -2.10. The van der Waals surface area contributed by atoms with Crippen LogP contribution in [0.25, 0.3) is 110 Å². The van der Waals surface area contributed by atoms with Crippen LogP contribution in [0.1, 0.15) is 0 Å². The fourth-order valence-electron chi connectivity index (χ4n) is 7.43. The lowest BCUT2D eigenvalue weighted by Crippen LogP contribution is -2.00. The average molecular weight is 774 g/mol. The quantitative estimate of drug-likeness (QED) is 0.159. The van der Waals surface area contributed by atoms with Crippen molar-refractivity contribution >= 4 is 42.9 Å². The third-order valence-corrected chi connectivity index (χ3v) is 11.6. The molecule has 7 nitrogen and oxygen atoms in total. The molecule has 59 heavy (non-hydrogen) atoms. The molecule has 0 fully saturated rings. The Kier molecular flexibility index (Phi) is 8.52. The van der Waals surface area contributed by atoms with Crippen LogP contribution in [0.5, 0.6) is 0 Å². The average Bonchev–Trinajstić information content (AvgIpc) is 3.69. The van der Waals surface area contributed by atoms with E-state index in [4.69, 9.17) is 29.9 Å². The van der Waals surface area contributed by atoms with Gasteiger partial charge in [-0.05, 0) is 45.5 Å². The number of hydrogen-bond acceptors (Lipinski definition) is 8. The van der Waals surface area contributed by atoms with Crippen LogP contribution in [0.3, 0.4) is 0 Å². The molecule has 0 atom stereocenters. The number of aromatic nitrogens is 7. The molecule has 8 heteroatoms. The van der Waals surface area contributed by atoms with Crippen molar-refractivity contribution in [3.05, 3.63) is 188 Å². The number of hydrogen-bond donors (Lipinski definition) is 0. The van der Waals surface area contributed by atoms with Crippen LogP contribution in [0, 0.1) is 0 Å². The van der Waals surface area contributed by atoms with Crippen molar-refractivity contribution in [1.82, 2.24) is 34.9 Å². The van der Waals surface area contributed by atoms with Gasteiger partial charge in [-0.3, -0.25) is 0 Å². The molecule has 0 unspecified atom stereocenters. The number of nitrogens with zero attached hydrogens (tertiary/aromatic N) is 7. The summed E-state index contributed by atoms with van der Waals surface area (Å²) in [4.78, 5) is 34.8. The van der Waals surface area contributed by atoms with Crippen molar-refractivity contribution in [2.24, 2.45) is 0 Å². The minimum Gasteiger partial charge on any atom is -0.241 e. The van der Waals surface area contributed by atoms with E-state index in [0.29, 0.717) is 17.5 Å². The van der Waals surface area contributed by atoms with E-state index < -0.39 is 0 Å². The summed E-state index contributed by atoms with van der Waals surface area (Å²) in [7, 11) is 0.